The number of halogens is 1. The molecule has 0 aliphatic carbocycles. The molecule has 20 heavy (non-hydrogen) atoms. The van der Waals surface area contributed by atoms with E-state index in [0.717, 1.165) is 0 Å². The van der Waals surface area contributed by atoms with Gasteiger partial charge in [0.2, 0.25) is 5.91 Å². The lowest BCUT2D eigenvalue weighted by atomic mass is 10.4. The summed E-state index contributed by atoms with van der Waals surface area (Å²) in [6, 6.07) is 8.94. The quantitative estimate of drug-likeness (QED) is 0.938. The molecule has 0 radical (unpaired) electrons. The van der Waals surface area contributed by atoms with Crippen LogP contribution in [0.4, 0.5) is 5.69 Å². The molecule has 0 saturated heterocycles. The third-order valence-corrected chi connectivity index (χ3v) is 4.32. The van der Waals surface area contributed by atoms with E-state index in [4.69, 9.17) is 11.6 Å². The topological polar surface area (TPSA) is 76.1 Å². The smallest absolute Gasteiger partial charge is 0.240 e. The molecule has 1 aromatic carbocycles. The minimum Gasteiger partial charge on any atom is -0.324 e. The minimum atomic E-state index is -3.69. The predicted octanol–water partition coefficient (Wildman–Crippen LogP) is 2.15. The molecule has 7 heteroatoms. The van der Waals surface area contributed by atoms with E-state index in [1.807, 2.05) is 0 Å². The van der Waals surface area contributed by atoms with Crippen molar-refractivity contribution in [2.24, 2.45) is 0 Å². The summed E-state index contributed by atoms with van der Waals surface area (Å²) in [7, 11) is -3.69. The lowest BCUT2D eigenvalue weighted by Crippen LogP contribution is -2.23. The van der Waals surface area contributed by atoms with Crippen molar-refractivity contribution in [1.82, 2.24) is 4.98 Å². The fourth-order valence-corrected chi connectivity index (χ4v) is 2.79. The third-order valence-electron chi connectivity index (χ3n) is 2.44. The van der Waals surface area contributed by atoms with E-state index < -0.39 is 21.5 Å². The summed E-state index contributed by atoms with van der Waals surface area (Å²) in [4.78, 5) is 15.6. The maximum atomic E-state index is 12.0. The molecule has 0 atom stereocenters. The summed E-state index contributed by atoms with van der Waals surface area (Å²) in [6.45, 7) is 0. The van der Waals surface area contributed by atoms with E-state index in [1.165, 1.54) is 30.5 Å². The van der Waals surface area contributed by atoms with Gasteiger partial charge in [0.15, 0.2) is 9.84 Å². The number of anilines is 1. The molecule has 2 rings (SSSR count). The Balaban J connectivity index is 2.08. The Bertz CT molecular complexity index is 700. The van der Waals surface area contributed by atoms with Crippen molar-refractivity contribution in [3.8, 4) is 0 Å². The van der Waals surface area contributed by atoms with Gasteiger partial charge in [-0.3, -0.25) is 9.78 Å². The van der Waals surface area contributed by atoms with Gasteiger partial charge in [0, 0.05) is 11.2 Å². The van der Waals surface area contributed by atoms with Crippen LogP contribution in [0, 0.1) is 0 Å². The molecule has 1 aromatic heterocycles. The highest BCUT2D eigenvalue weighted by atomic mass is 35.5. The monoisotopic (exact) mass is 310 g/mol. The van der Waals surface area contributed by atoms with Crippen LogP contribution in [0.15, 0.2) is 53.7 Å². The van der Waals surface area contributed by atoms with Crippen LogP contribution >= 0.6 is 11.6 Å². The van der Waals surface area contributed by atoms with Crippen molar-refractivity contribution >= 4 is 33.0 Å². The second kappa shape index (κ2) is 6.02. The van der Waals surface area contributed by atoms with E-state index in [9.17, 15) is 13.2 Å². The Morgan fingerprint density at radius 1 is 1.20 bits per heavy atom. The summed E-state index contributed by atoms with van der Waals surface area (Å²) in [5.74, 6) is -1.25. The van der Waals surface area contributed by atoms with Gasteiger partial charge >= 0.3 is 0 Å². The Morgan fingerprint density at radius 3 is 2.50 bits per heavy atom. The largest absolute Gasteiger partial charge is 0.324 e. The number of pyridine rings is 1. The Labute approximate surface area is 121 Å². The second-order valence-corrected chi connectivity index (χ2v) is 6.43. The van der Waals surface area contributed by atoms with Crippen molar-refractivity contribution in [3.63, 3.8) is 0 Å². The molecule has 104 valence electrons. The number of carbonyl (C=O) groups excluding carboxylic acids is 1. The first-order valence-electron chi connectivity index (χ1n) is 5.65. The number of hydrogen-bond donors (Lipinski definition) is 1. The summed E-state index contributed by atoms with van der Waals surface area (Å²) < 4.78 is 24.0. The van der Waals surface area contributed by atoms with E-state index >= 15 is 0 Å². The first kappa shape index (κ1) is 14.5. The first-order chi connectivity index (χ1) is 9.47. The van der Waals surface area contributed by atoms with Crippen LogP contribution in [0.5, 0.6) is 0 Å². The van der Waals surface area contributed by atoms with Crippen LogP contribution in [-0.2, 0) is 14.6 Å². The molecule has 1 amide bonds. The molecule has 0 unspecified atom stereocenters. The normalized spacial score (nSPS) is 11.1. The number of nitrogens with zero attached hydrogens (tertiary/aromatic N) is 1. The molecular formula is C13H11ClN2O3S. The van der Waals surface area contributed by atoms with Crippen molar-refractivity contribution in [1.29, 1.82) is 0 Å². The van der Waals surface area contributed by atoms with E-state index in [0.29, 0.717) is 10.7 Å². The van der Waals surface area contributed by atoms with Crippen molar-refractivity contribution < 1.29 is 13.2 Å². The fourth-order valence-electron chi connectivity index (χ4n) is 1.53. The molecule has 2 aromatic rings. The van der Waals surface area contributed by atoms with Crippen molar-refractivity contribution in [2.75, 3.05) is 11.1 Å². The molecule has 1 heterocycles. The minimum absolute atomic E-state index is 0.0586. The molecule has 1 N–H and O–H groups in total. The molecule has 0 spiro atoms. The van der Waals surface area contributed by atoms with Gasteiger partial charge in [0.05, 0.1) is 16.8 Å². The summed E-state index contributed by atoms with van der Waals surface area (Å²) in [6.07, 6.45) is 2.99. The highest BCUT2D eigenvalue weighted by molar-refractivity contribution is 7.92. The second-order valence-electron chi connectivity index (χ2n) is 4.00. The zero-order valence-corrected chi connectivity index (χ0v) is 11.9. The van der Waals surface area contributed by atoms with Gasteiger partial charge in [-0.2, -0.15) is 0 Å². The highest BCUT2D eigenvalue weighted by Gasteiger charge is 2.19. The molecule has 0 saturated carbocycles. The Kier molecular flexibility index (Phi) is 4.36. The lowest BCUT2D eigenvalue weighted by molar-refractivity contribution is -0.113. The molecule has 0 fully saturated rings. The van der Waals surface area contributed by atoms with Gasteiger partial charge in [-0.1, -0.05) is 11.6 Å². The number of carbonyl (C=O) groups is 1. The van der Waals surface area contributed by atoms with E-state index in [2.05, 4.69) is 10.3 Å². The molecule has 5 nitrogen and oxygen atoms in total. The predicted molar refractivity (Wildman–Crippen MR) is 76.4 cm³/mol. The maximum Gasteiger partial charge on any atom is 0.240 e. The number of benzene rings is 1. The zero-order valence-electron chi connectivity index (χ0n) is 10.3. The highest BCUT2D eigenvalue weighted by Crippen LogP contribution is 2.15. The van der Waals surface area contributed by atoms with Crippen LogP contribution < -0.4 is 5.32 Å². The van der Waals surface area contributed by atoms with Crippen molar-refractivity contribution in [2.45, 2.75) is 4.90 Å². The summed E-state index contributed by atoms with van der Waals surface area (Å²) in [5, 5.41) is 2.91. The van der Waals surface area contributed by atoms with Gasteiger partial charge in [-0.15, -0.1) is 0 Å². The number of nitrogens with one attached hydrogen (secondary N) is 1. The maximum absolute atomic E-state index is 12.0. The molecule has 0 bridgehead atoms. The van der Waals surface area contributed by atoms with Gasteiger partial charge in [-0.05, 0) is 36.4 Å². The molecular weight excluding hydrogens is 300 g/mol. The Morgan fingerprint density at radius 2 is 1.90 bits per heavy atom. The van der Waals surface area contributed by atoms with Crippen LogP contribution in [0.2, 0.25) is 5.02 Å². The van der Waals surface area contributed by atoms with Crippen LogP contribution in [0.3, 0.4) is 0 Å². The SMILES string of the molecule is O=C(CS(=O)(=O)c1ccc(Cl)cc1)Nc1cccnc1. The number of sulfone groups is 1. The lowest BCUT2D eigenvalue weighted by Gasteiger charge is -2.06. The van der Waals surface area contributed by atoms with Crippen molar-refractivity contribution in [3.05, 3.63) is 53.8 Å². The first-order valence-corrected chi connectivity index (χ1v) is 7.68. The molecule has 0 aliphatic rings. The fraction of sp³-hybridized carbons (Fsp3) is 0.0769. The van der Waals surface area contributed by atoms with Gasteiger partial charge in [-0.25, -0.2) is 8.42 Å². The number of rotatable bonds is 4. The Hall–Kier alpha value is -1.92. The standard InChI is InChI=1S/C13H11ClN2O3S/c14-10-3-5-12(6-4-10)20(18,19)9-13(17)16-11-2-1-7-15-8-11/h1-8H,9H2,(H,16,17). The van der Waals surface area contributed by atoms with E-state index in [-0.39, 0.29) is 4.90 Å². The van der Waals surface area contributed by atoms with Gasteiger partial charge in [0.1, 0.15) is 5.75 Å². The summed E-state index contributed by atoms with van der Waals surface area (Å²) in [5.41, 5.74) is 0.448. The number of amides is 1. The number of aromatic nitrogens is 1. The average molecular weight is 311 g/mol. The number of hydrogen-bond acceptors (Lipinski definition) is 4. The van der Waals surface area contributed by atoms with E-state index in [1.54, 1.807) is 18.3 Å². The van der Waals surface area contributed by atoms with Crippen LogP contribution in [0.25, 0.3) is 0 Å². The van der Waals surface area contributed by atoms with Gasteiger partial charge < -0.3 is 5.32 Å². The van der Waals surface area contributed by atoms with Gasteiger partial charge in [0.25, 0.3) is 0 Å². The molecule has 0 aliphatic heterocycles. The van der Waals surface area contributed by atoms with Crippen LogP contribution in [0.1, 0.15) is 0 Å². The summed E-state index contributed by atoms with van der Waals surface area (Å²) >= 11 is 5.69. The van der Waals surface area contributed by atoms with Crippen LogP contribution in [-0.4, -0.2) is 25.1 Å². The average Bonchev–Trinajstić information content (AvgIpc) is 2.39. The zero-order chi connectivity index (χ0) is 14.6. The third kappa shape index (κ3) is 3.79.